The highest BCUT2D eigenvalue weighted by Crippen LogP contribution is 2.31. The molecule has 0 amide bonds. The molecule has 0 spiro atoms. The molecule has 1 aliphatic heterocycles. The van der Waals surface area contributed by atoms with Gasteiger partial charge in [0, 0.05) is 27.7 Å². The van der Waals surface area contributed by atoms with E-state index in [-0.39, 0.29) is 11.5 Å². The van der Waals surface area contributed by atoms with Crippen molar-refractivity contribution in [2.75, 3.05) is 6.61 Å². The van der Waals surface area contributed by atoms with E-state index in [0.29, 0.717) is 10.9 Å². The molecule has 0 bridgehead atoms. The number of hydrogen-bond donors (Lipinski definition) is 0. The zero-order valence-electron chi connectivity index (χ0n) is 20.3. The maximum absolute atomic E-state index is 12.7. The van der Waals surface area contributed by atoms with Crippen LogP contribution in [0.1, 0.15) is 33.3 Å². The fraction of sp³-hybridized carbons (Fsp3) is 0.458. The molecule has 2 aromatic rings. The lowest BCUT2D eigenvalue weighted by atomic mass is 9.98. The summed E-state index contributed by atoms with van der Waals surface area (Å²) in [6, 6.07) is 6.10. The van der Waals surface area contributed by atoms with Gasteiger partial charge in [0.05, 0.1) is 11.5 Å². The van der Waals surface area contributed by atoms with Crippen LogP contribution in [0.3, 0.4) is 0 Å². The predicted octanol–water partition coefficient (Wildman–Crippen LogP) is 1.56. The van der Waals surface area contributed by atoms with Crippen LogP contribution in [0.2, 0.25) is 0 Å². The van der Waals surface area contributed by atoms with E-state index in [1.54, 1.807) is 25.1 Å². The average Bonchev–Trinajstić information content (AvgIpc) is 2.75. The number of ether oxygens (including phenoxy) is 6. The highest BCUT2D eigenvalue weighted by molar-refractivity contribution is 5.80. The Balaban J connectivity index is 2.04. The number of carbonyl (C=O) groups excluding carboxylic acids is 4. The standard InChI is InChI=1S/C24H26O12/c1-11-7-6-8-17-20(11)16(29)9-19(34-17)36-24-23(33-15(5)28)22(32-14(4)27)21(31-13(3)26)18(35-24)10-30-12(2)25/h6-9,18,21-24H,10H2,1-5H3. The summed E-state index contributed by atoms with van der Waals surface area (Å²) < 4.78 is 38.3. The molecule has 1 saturated heterocycles. The van der Waals surface area contributed by atoms with Gasteiger partial charge in [-0.2, -0.15) is 0 Å². The van der Waals surface area contributed by atoms with Gasteiger partial charge in [-0.15, -0.1) is 0 Å². The SMILES string of the molecule is CC(=O)OCC1OC(Oc2cc(=O)c3c(C)cccc3o2)C(OC(C)=O)C(OC(C)=O)C1OC(C)=O. The molecule has 194 valence electrons. The summed E-state index contributed by atoms with van der Waals surface area (Å²) in [6.07, 6.45) is -6.92. The second-order valence-corrected chi connectivity index (χ2v) is 8.06. The molecule has 0 saturated carbocycles. The molecule has 5 atom stereocenters. The molecule has 12 nitrogen and oxygen atoms in total. The van der Waals surface area contributed by atoms with E-state index in [0.717, 1.165) is 33.8 Å². The smallest absolute Gasteiger partial charge is 0.303 e. The van der Waals surface area contributed by atoms with E-state index in [2.05, 4.69) is 0 Å². The van der Waals surface area contributed by atoms with Crippen molar-refractivity contribution < 1.29 is 52.0 Å². The Morgan fingerprint density at radius 3 is 2.08 bits per heavy atom. The zero-order valence-corrected chi connectivity index (χ0v) is 20.3. The summed E-state index contributed by atoms with van der Waals surface area (Å²) in [4.78, 5) is 59.7. The van der Waals surface area contributed by atoms with Crippen LogP contribution in [-0.2, 0) is 42.9 Å². The maximum atomic E-state index is 12.7. The van der Waals surface area contributed by atoms with Crippen molar-refractivity contribution in [1.82, 2.24) is 0 Å². The average molecular weight is 506 g/mol. The molecular weight excluding hydrogens is 480 g/mol. The van der Waals surface area contributed by atoms with Gasteiger partial charge in [-0.05, 0) is 18.6 Å². The highest BCUT2D eigenvalue weighted by atomic mass is 16.8. The maximum Gasteiger partial charge on any atom is 0.303 e. The molecule has 1 aromatic carbocycles. The van der Waals surface area contributed by atoms with Gasteiger partial charge in [-0.1, -0.05) is 12.1 Å². The van der Waals surface area contributed by atoms with Crippen LogP contribution in [0.15, 0.2) is 33.5 Å². The summed E-state index contributed by atoms with van der Waals surface area (Å²) in [5.41, 5.74) is 0.540. The summed E-state index contributed by atoms with van der Waals surface area (Å²) in [5.74, 6) is -3.26. The molecule has 36 heavy (non-hydrogen) atoms. The lowest BCUT2D eigenvalue weighted by Crippen LogP contribution is -2.63. The molecule has 0 radical (unpaired) electrons. The Morgan fingerprint density at radius 1 is 0.861 bits per heavy atom. The van der Waals surface area contributed by atoms with E-state index < -0.39 is 66.6 Å². The van der Waals surface area contributed by atoms with Crippen LogP contribution < -0.4 is 10.2 Å². The lowest BCUT2D eigenvalue weighted by molar-refractivity contribution is -0.290. The first-order chi connectivity index (χ1) is 17.0. The molecule has 0 N–H and O–H groups in total. The summed E-state index contributed by atoms with van der Waals surface area (Å²) in [6.45, 7) is 5.81. The van der Waals surface area contributed by atoms with E-state index in [1.807, 2.05) is 0 Å². The quantitative estimate of drug-likeness (QED) is 0.395. The number of aryl methyl sites for hydroxylation is 1. The van der Waals surface area contributed by atoms with Crippen molar-refractivity contribution in [3.05, 3.63) is 40.1 Å². The van der Waals surface area contributed by atoms with Crippen LogP contribution in [0.4, 0.5) is 0 Å². The summed E-state index contributed by atoms with van der Waals surface area (Å²) in [7, 11) is 0. The van der Waals surface area contributed by atoms with Gasteiger partial charge in [0.15, 0.2) is 17.6 Å². The van der Waals surface area contributed by atoms with Gasteiger partial charge < -0.3 is 32.8 Å². The van der Waals surface area contributed by atoms with Crippen molar-refractivity contribution in [3.63, 3.8) is 0 Å². The van der Waals surface area contributed by atoms with Gasteiger partial charge in [-0.3, -0.25) is 24.0 Å². The Labute approximate surface area is 205 Å². The lowest BCUT2D eigenvalue weighted by Gasteiger charge is -2.43. The van der Waals surface area contributed by atoms with Gasteiger partial charge in [0.25, 0.3) is 5.95 Å². The minimum Gasteiger partial charge on any atom is -0.463 e. The summed E-state index contributed by atoms with van der Waals surface area (Å²) >= 11 is 0. The zero-order chi connectivity index (χ0) is 26.6. The van der Waals surface area contributed by atoms with Crippen molar-refractivity contribution in [1.29, 1.82) is 0 Å². The van der Waals surface area contributed by atoms with E-state index in [9.17, 15) is 24.0 Å². The molecule has 2 heterocycles. The first-order valence-electron chi connectivity index (χ1n) is 11.0. The van der Waals surface area contributed by atoms with Gasteiger partial charge in [-0.25, -0.2) is 0 Å². The number of carbonyl (C=O) groups is 4. The molecular formula is C24H26O12. The monoisotopic (exact) mass is 506 g/mol. The Kier molecular flexibility index (Phi) is 8.30. The highest BCUT2D eigenvalue weighted by Gasteiger charge is 2.53. The third-order valence-electron chi connectivity index (χ3n) is 5.12. The first-order valence-corrected chi connectivity index (χ1v) is 11.0. The third kappa shape index (κ3) is 6.39. The minimum atomic E-state index is -1.52. The summed E-state index contributed by atoms with van der Waals surface area (Å²) in [5, 5.41) is 0.353. The number of benzene rings is 1. The molecule has 1 aliphatic rings. The molecule has 0 aliphatic carbocycles. The largest absolute Gasteiger partial charge is 0.463 e. The second kappa shape index (κ2) is 11.2. The minimum absolute atomic E-state index is 0.239. The molecule has 5 unspecified atom stereocenters. The van der Waals surface area contributed by atoms with Crippen molar-refractivity contribution >= 4 is 34.8 Å². The fourth-order valence-corrected chi connectivity index (χ4v) is 3.81. The van der Waals surface area contributed by atoms with Crippen LogP contribution in [-0.4, -0.2) is 61.2 Å². The van der Waals surface area contributed by atoms with Crippen LogP contribution in [0, 0.1) is 6.92 Å². The predicted molar refractivity (Wildman–Crippen MR) is 120 cm³/mol. The number of fused-ring (bicyclic) bond motifs is 1. The number of rotatable bonds is 7. The molecule has 3 rings (SSSR count). The topological polar surface area (TPSA) is 154 Å². The number of hydrogen-bond acceptors (Lipinski definition) is 12. The normalized spacial score (nSPS) is 23.4. The Hall–Kier alpha value is -3.93. The van der Waals surface area contributed by atoms with Crippen LogP contribution in [0.25, 0.3) is 11.0 Å². The van der Waals surface area contributed by atoms with E-state index in [1.165, 1.54) is 0 Å². The fourth-order valence-electron chi connectivity index (χ4n) is 3.81. The van der Waals surface area contributed by atoms with Gasteiger partial charge in [0.2, 0.25) is 12.4 Å². The second-order valence-electron chi connectivity index (χ2n) is 8.06. The third-order valence-corrected chi connectivity index (χ3v) is 5.12. The van der Waals surface area contributed by atoms with Crippen molar-refractivity contribution in [2.24, 2.45) is 0 Å². The van der Waals surface area contributed by atoms with Crippen LogP contribution in [0.5, 0.6) is 5.95 Å². The Morgan fingerprint density at radius 2 is 1.47 bits per heavy atom. The first kappa shape index (κ1) is 26.7. The number of esters is 4. The molecule has 1 aromatic heterocycles. The van der Waals surface area contributed by atoms with Crippen molar-refractivity contribution in [2.45, 2.75) is 65.3 Å². The van der Waals surface area contributed by atoms with E-state index in [4.69, 9.17) is 32.8 Å². The van der Waals surface area contributed by atoms with E-state index >= 15 is 0 Å². The van der Waals surface area contributed by atoms with Crippen molar-refractivity contribution in [3.8, 4) is 5.95 Å². The van der Waals surface area contributed by atoms with Gasteiger partial charge in [0.1, 0.15) is 18.3 Å². The van der Waals surface area contributed by atoms with Crippen LogP contribution >= 0.6 is 0 Å². The Bertz CT molecular complexity index is 1220. The van der Waals surface area contributed by atoms with Gasteiger partial charge >= 0.3 is 23.9 Å². The molecule has 1 fully saturated rings. The molecule has 12 heteroatoms.